The molecule has 2 aromatic rings. The fourth-order valence-electron chi connectivity index (χ4n) is 2.29. The van der Waals surface area contributed by atoms with Gasteiger partial charge in [0, 0.05) is 30.8 Å². The van der Waals surface area contributed by atoms with Crippen LogP contribution in [0.15, 0.2) is 70.6 Å². The van der Waals surface area contributed by atoms with Crippen LogP contribution < -0.4 is 16.0 Å². The molecule has 0 aliphatic heterocycles. The molecule has 0 aliphatic rings. The zero-order chi connectivity index (χ0) is 18.5. The summed E-state index contributed by atoms with van der Waals surface area (Å²) in [6.45, 7) is 1.61. The van der Waals surface area contributed by atoms with Crippen LogP contribution in [0, 0.1) is 0 Å². The van der Waals surface area contributed by atoms with Crippen molar-refractivity contribution in [2.24, 2.45) is 4.99 Å². The summed E-state index contributed by atoms with van der Waals surface area (Å²) in [5.74, 6) is 1.52. The molecular weight excluding hydrogens is 344 g/mol. The number of guanidine groups is 1. The Morgan fingerprint density at radius 1 is 0.923 bits per heavy atom. The Morgan fingerprint density at radius 3 is 2.31 bits per heavy atom. The van der Waals surface area contributed by atoms with E-state index in [1.165, 1.54) is 10.5 Å². The second-order valence-electron chi connectivity index (χ2n) is 5.60. The summed E-state index contributed by atoms with van der Waals surface area (Å²) >= 11 is 1.78. The number of benzene rings is 2. The number of hydrogen-bond donors (Lipinski definition) is 3. The van der Waals surface area contributed by atoms with E-state index < -0.39 is 0 Å². The second kappa shape index (κ2) is 12.0. The van der Waals surface area contributed by atoms with Crippen LogP contribution in [0.25, 0.3) is 0 Å². The van der Waals surface area contributed by atoms with Crippen LogP contribution in [-0.2, 0) is 11.2 Å². The minimum atomic E-state index is -0.0393. The van der Waals surface area contributed by atoms with Gasteiger partial charge in [-0.15, -0.1) is 11.8 Å². The van der Waals surface area contributed by atoms with E-state index in [1.807, 2.05) is 36.4 Å². The van der Waals surface area contributed by atoms with E-state index in [4.69, 9.17) is 0 Å². The Morgan fingerprint density at radius 2 is 1.62 bits per heavy atom. The Kier molecular flexibility index (Phi) is 9.14. The van der Waals surface area contributed by atoms with Gasteiger partial charge in [0.05, 0.1) is 6.54 Å². The number of nitrogens with zero attached hydrogens (tertiary/aromatic N) is 1. The highest BCUT2D eigenvalue weighted by atomic mass is 32.2. The van der Waals surface area contributed by atoms with Gasteiger partial charge in [-0.3, -0.25) is 9.79 Å². The Labute approximate surface area is 159 Å². The van der Waals surface area contributed by atoms with Crippen LogP contribution in [0.5, 0.6) is 0 Å². The Balaban J connectivity index is 1.56. The standard InChI is InChI=1S/C20H26N4OS/c1-21-20(23-14-15-26-18-10-6-3-7-11-18)24-16-19(25)22-13-12-17-8-4-2-5-9-17/h2-11H,12-16H2,1H3,(H,22,25)(H2,21,23,24). The van der Waals surface area contributed by atoms with Crippen molar-refractivity contribution < 1.29 is 4.79 Å². The predicted molar refractivity (Wildman–Crippen MR) is 110 cm³/mol. The fraction of sp³-hybridized carbons (Fsp3) is 0.300. The molecule has 2 rings (SSSR count). The average molecular weight is 371 g/mol. The summed E-state index contributed by atoms with van der Waals surface area (Å²) < 4.78 is 0. The van der Waals surface area contributed by atoms with E-state index in [2.05, 4.69) is 45.2 Å². The van der Waals surface area contributed by atoms with Crippen molar-refractivity contribution in [1.82, 2.24) is 16.0 Å². The molecule has 0 saturated heterocycles. The number of amides is 1. The smallest absolute Gasteiger partial charge is 0.239 e. The van der Waals surface area contributed by atoms with E-state index in [1.54, 1.807) is 18.8 Å². The van der Waals surface area contributed by atoms with E-state index in [-0.39, 0.29) is 12.5 Å². The zero-order valence-electron chi connectivity index (χ0n) is 15.1. The molecule has 26 heavy (non-hydrogen) atoms. The van der Waals surface area contributed by atoms with Crippen molar-refractivity contribution in [3.05, 3.63) is 66.2 Å². The first kappa shape index (κ1) is 19.8. The highest BCUT2D eigenvalue weighted by molar-refractivity contribution is 7.99. The molecule has 0 bridgehead atoms. The van der Waals surface area contributed by atoms with Gasteiger partial charge in [0.1, 0.15) is 0 Å². The molecule has 2 aromatic carbocycles. The van der Waals surface area contributed by atoms with Crippen LogP contribution in [-0.4, -0.2) is 44.3 Å². The SMILES string of the molecule is CN=C(NCCSc1ccccc1)NCC(=O)NCCc1ccccc1. The lowest BCUT2D eigenvalue weighted by molar-refractivity contribution is -0.119. The summed E-state index contributed by atoms with van der Waals surface area (Å²) in [5, 5.41) is 9.16. The molecule has 0 heterocycles. The third kappa shape index (κ3) is 8.07. The van der Waals surface area contributed by atoms with Gasteiger partial charge >= 0.3 is 0 Å². The number of carbonyl (C=O) groups excluding carboxylic acids is 1. The fourth-order valence-corrected chi connectivity index (χ4v) is 3.08. The molecule has 0 aliphatic carbocycles. The van der Waals surface area contributed by atoms with Crippen LogP contribution >= 0.6 is 11.8 Å². The monoisotopic (exact) mass is 370 g/mol. The van der Waals surface area contributed by atoms with Crippen LogP contribution in [0.2, 0.25) is 0 Å². The molecular formula is C20H26N4OS. The number of nitrogens with one attached hydrogen (secondary N) is 3. The highest BCUT2D eigenvalue weighted by Gasteiger charge is 2.03. The lowest BCUT2D eigenvalue weighted by Gasteiger charge is -2.12. The molecule has 1 amide bonds. The maximum atomic E-state index is 11.9. The van der Waals surface area contributed by atoms with Crippen molar-refractivity contribution in [3.8, 4) is 0 Å². The van der Waals surface area contributed by atoms with Gasteiger partial charge in [0.15, 0.2) is 5.96 Å². The maximum Gasteiger partial charge on any atom is 0.239 e. The first-order valence-corrected chi connectivity index (χ1v) is 9.69. The molecule has 3 N–H and O–H groups in total. The number of aliphatic imine (C=N–C) groups is 1. The maximum absolute atomic E-state index is 11.9. The van der Waals surface area contributed by atoms with Crippen LogP contribution in [0.4, 0.5) is 0 Å². The summed E-state index contributed by atoms with van der Waals surface area (Å²) in [6, 6.07) is 20.4. The third-order valence-electron chi connectivity index (χ3n) is 3.63. The number of thioether (sulfide) groups is 1. The van der Waals surface area contributed by atoms with Crippen LogP contribution in [0.1, 0.15) is 5.56 Å². The summed E-state index contributed by atoms with van der Waals surface area (Å²) in [4.78, 5) is 17.3. The van der Waals surface area contributed by atoms with Gasteiger partial charge < -0.3 is 16.0 Å². The predicted octanol–water partition coefficient (Wildman–Crippen LogP) is 2.30. The van der Waals surface area contributed by atoms with E-state index in [9.17, 15) is 4.79 Å². The minimum Gasteiger partial charge on any atom is -0.356 e. The lowest BCUT2D eigenvalue weighted by Crippen LogP contribution is -2.44. The molecule has 0 saturated carbocycles. The topological polar surface area (TPSA) is 65.5 Å². The lowest BCUT2D eigenvalue weighted by atomic mass is 10.1. The van der Waals surface area contributed by atoms with Crippen molar-refractivity contribution in [3.63, 3.8) is 0 Å². The van der Waals surface area contributed by atoms with Gasteiger partial charge in [-0.2, -0.15) is 0 Å². The van der Waals surface area contributed by atoms with E-state index in [0.29, 0.717) is 12.5 Å². The number of rotatable bonds is 9. The highest BCUT2D eigenvalue weighted by Crippen LogP contribution is 2.15. The molecule has 5 nitrogen and oxygen atoms in total. The Bertz CT molecular complexity index is 677. The molecule has 0 atom stereocenters. The van der Waals surface area contributed by atoms with Crippen molar-refractivity contribution >= 4 is 23.6 Å². The first-order chi connectivity index (χ1) is 12.8. The van der Waals surface area contributed by atoms with Gasteiger partial charge in [-0.25, -0.2) is 0 Å². The minimum absolute atomic E-state index is 0.0393. The third-order valence-corrected chi connectivity index (χ3v) is 4.64. The molecule has 0 aromatic heterocycles. The quantitative estimate of drug-likeness (QED) is 0.274. The van der Waals surface area contributed by atoms with Crippen molar-refractivity contribution in [1.29, 1.82) is 0 Å². The van der Waals surface area contributed by atoms with Gasteiger partial charge in [0.25, 0.3) is 0 Å². The number of carbonyl (C=O) groups is 1. The van der Waals surface area contributed by atoms with Crippen LogP contribution in [0.3, 0.4) is 0 Å². The molecule has 0 unspecified atom stereocenters. The Hall–Kier alpha value is -2.47. The zero-order valence-corrected chi connectivity index (χ0v) is 15.9. The molecule has 6 heteroatoms. The molecule has 138 valence electrons. The molecule has 0 fully saturated rings. The first-order valence-electron chi connectivity index (χ1n) is 8.71. The van der Waals surface area contributed by atoms with E-state index in [0.717, 1.165) is 18.7 Å². The van der Waals surface area contributed by atoms with Gasteiger partial charge in [-0.05, 0) is 24.1 Å². The summed E-state index contributed by atoms with van der Waals surface area (Å²) in [5.41, 5.74) is 1.22. The van der Waals surface area contributed by atoms with E-state index >= 15 is 0 Å². The van der Waals surface area contributed by atoms with Crippen molar-refractivity contribution in [2.45, 2.75) is 11.3 Å². The van der Waals surface area contributed by atoms with Gasteiger partial charge in [-0.1, -0.05) is 48.5 Å². The number of hydrogen-bond acceptors (Lipinski definition) is 3. The largest absolute Gasteiger partial charge is 0.356 e. The normalized spacial score (nSPS) is 11.0. The molecule has 0 radical (unpaired) electrons. The summed E-state index contributed by atoms with van der Waals surface area (Å²) in [7, 11) is 1.70. The second-order valence-corrected chi connectivity index (χ2v) is 6.77. The van der Waals surface area contributed by atoms with Gasteiger partial charge in [0.2, 0.25) is 5.91 Å². The average Bonchev–Trinajstić information content (AvgIpc) is 2.69. The molecule has 0 spiro atoms. The van der Waals surface area contributed by atoms with Crippen molar-refractivity contribution in [2.75, 3.05) is 32.4 Å². The summed E-state index contributed by atoms with van der Waals surface area (Å²) in [6.07, 6.45) is 0.830.